The smallest absolute Gasteiger partial charge is 0.193 e. The lowest BCUT2D eigenvalue weighted by atomic mass is 10.1. The molecule has 2 rings (SSSR count). The van der Waals surface area contributed by atoms with Gasteiger partial charge < -0.3 is 9.72 Å². The highest BCUT2D eigenvalue weighted by Gasteiger charge is 2.20. The van der Waals surface area contributed by atoms with Gasteiger partial charge in [-0.3, -0.25) is 14.5 Å². The summed E-state index contributed by atoms with van der Waals surface area (Å²) in [6, 6.07) is 4.73. The van der Waals surface area contributed by atoms with Crippen LogP contribution in [0.5, 0.6) is 5.75 Å². The minimum absolute atomic E-state index is 0.0626. The van der Waals surface area contributed by atoms with E-state index in [1.807, 2.05) is 0 Å². The van der Waals surface area contributed by atoms with Crippen molar-refractivity contribution in [1.82, 2.24) is 9.88 Å². The fourth-order valence-electron chi connectivity index (χ4n) is 3.06. The monoisotopic (exact) mass is 346 g/mol. The van der Waals surface area contributed by atoms with E-state index in [-0.39, 0.29) is 23.9 Å². The summed E-state index contributed by atoms with van der Waals surface area (Å²) < 4.78 is 18.7. The molecule has 134 valence electrons. The number of aromatic nitrogens is 1. The number of H-pyrrole nitrogens is 1. The number of aryl methyl sites for hydroxylation is 1. The Kier molecular flexibility index (Phi) is 5.74. The van der Waals surface area contributed by atoms with E-state index >= 15 is 0 Å². The number of ether oxygens (including phenoxy) is 1. The van der Waals surface area contributed by atoms with E-state index in [2.05, 4.69) is 4.98 Å². The SMILES string of the molecule is COc1ccc(CN(C)CC(=O)c2[nH]c(C)c(C(C)=O)c2C)cc1F. The van der Waals surface area contributed by atoms with Crippen LogP contribution in [0.25, 0.3) is 0 Å². The molecule has 0 aliphatic heterocycles. The second-order valence-electron chi connectivity index (χ2n) is 6.25. The topological polar surface area (TPSA) is 62.4 Å². The molecule has 0 spiro atoms. The molecule has 25 heavy (non-hydrogen) atoms. The van der Waals surface area contributed by atoms with Gasteiger partial charge in [-0.15, -0.1) is 0 Å². The van der Waals surface area contributed by atoms with Crippen molar-refractivity contribution < 1.29 is 18.7 Å². The summed E-state index contributed by atoms with van der Waals surface area (Å²) in [5.74, 6) is -0.407. The molecule has 1 heterocycles. The molecule has 0 atom stereocenters. The van der Waals surface area contributed by atoms with E-state index in [4.69, 9.17) is 4.74 Å². The Morgan fingerprint density at radius 2 is 1.96 bits per heavy atom. The molecule has 1 aromatic heterocycles. The first-order valence-corrected chi connectivity index (χ1v) is 7.98. The summed E-state index contributed by atoms with van der Waals surface area (Å²) in [6.45, 7) is 5.62. The number of nitrogens with one attached hydrogen (secondary N) is 1. The van der Waals surface area contributed by atoms with Gasteiger partial charge in [0.2, 0.25) is 0 Å². The first kappa shape index (κ1) is 18.9. The molecule has 0 aliphatic rings. The summed E-state index contributed by atoms with van der Waals surface area (Å²) in [4.78, 5) is 29.0. The fourth-order valence-corrected chi connectivity index (χ4v) is 3.06. The summed E-state index contributed by atoms with van der Waals surface area (Å²) in [6.07, 6.45) is 0. The van der Waals surface area contributed by atoms with Crippen LogP contribution in [0.1, 0.15) is 44.6 Å². The third-order valence-electron chi connectivity index (χ3n) is 4.15. The van der Waals surface area contributed by atoms with Crippen molar-refractivity contribution in [3.8, 4) is 5.75 Å². The Bertz CT molecular complexity index is 811. The molecular weight excluding hydrogens is 323 g/mol. The van der Waals surface area contributed by atoms with Crippen LogP contribution in [0.4, 0.5) is 4.39 Å². The number of rotatable bonds is 7. The molecule has 0 saturated heterocycles. The van der Waals surface area contributed by atoms with Crippen LogP contribution >= 0.6 is 0 Å². The highest BCUT2D eigenvalue weighted by atomic mass is 19.1. The van der Waals surface area contributed by atoms with Crippen LogP contribution in [0.15, 0.2) is 18.2 Å². The Labute approximate surface area is 146 Å². The van der Waals surface area contributed by atoms with Crippen LogP contribution in [0, 0.1) is 19.7 Å². The molecule has 0 amide bonds. The van der Waals surface area contributed by atoms with E-state index in [0.29, 0.717) is 29.1 Å². The normalized spacial score (nSPS) is 11.0. The van der Waals surface area contributed by atoms with Crippen molar-refractivity contribution in [3.05, 3.63) is 52.1 Å². The van der Waals surface area contributed by atoms with Crippen LogP contribution < -0.4 is 4.74 Å². The second kappa shape index (κ2) is 7.61. The molecular formula is C19H23FN2O3. The average Bonchev–Trinajstić information content (AvgIpc) is 2.82. The number of Topliss-reactive ketones (excluding diaryl/α,β-unsaturated/α-hetero) is 2. The molecule has 1 aromatic carbocycles. The summed E-state index contributed by atoms with van der Waals surface area (Å²) >= 11 is 0. The van der Waals surface area contributed by atoms with Crippen molar-refractivity contribution in [3.63, 3.8) is 0 Å². The van der Waals surface area contributed by atoms with Crippen LogP contribution in [-0.2, 0) is 6.54 Å². The Morgan fingerprint density at radius 3 is 2.48 bits per heavy atom. The second-order valence-corrected chi connectivity index (χ2v) is 6.25. The number of nitrogens with zero attached hydrogens (tertiary/aromatic N) is 1. The van der Waals surface area contributed by atoms with Gasteiger partial charge in [-0.1, -0.05) is 6.07 Å². The van der Waals surface area contributed by atoms with Crippen molar-refractivity contribution in [2.24, 2.45) is 0 Å². The Balaban J connectivity index is 2.09. The fraction of sp³-hybridized carbons (Fsp3) is 0.368. The number of carbonyl (C=O) groups excluding carboxylic acids is 2. The predicted octanol–water partition coefficient (Wildman–Crippen LogP) is 3.30. The lowest BCUT2D eigenvalue weighted by Gasteiger charge is -2.16. The van der Waals surface area contributed by atoms with Crippen LogP contribution in [0.3, 0.4) is 0 Å². The van der Waals surface area contributed by atoms with E-state index in [1.165, 1.54) is 20.1 Å². The highest BCUT2D eigenvalue weighted by Crippen LogP contribution is 2.20. The van der Waals surface area contributed by atoms with Gasteiger partial charge in [0.25, 0.3) is 0 Å². The maximum Gasteiger partial charge on any atom is 0.193 e. The number of aromatic amines is 1. The van der Waals surface area contributed by atoms with Gasteiger partial charge in [-0.2, -0.15) is 0 Å². The van der Waals surface area contributed by atoms with E-state index in [9.17, 15) is 14.0 Å². The zero-order valence-electron chi connectivity index (χ0n) is 15.2. The number of hydrogen-bond acceptors (Lipinski definition) is 4. The molecule has 0 bridgehead atoms. The number of benzene rings is 1. The molecule has 0 unspecified atom stereocenters. The van der Waals surface area contributed by atoms with E-state index < -0.39 is 5.82 Å². The standard InChI is InChI=1S/C19H23FN2O3/c1-11-18(13(3)23)12(2)21-19(11)16(24)10-22(4)9-14-6-7-17(25-5)15(20)8-14/h6-8,21H,9-10H2,1-5H3. The summed E-state index contributed by atoms with van der Waals surface area (Å²) in [7, 11) is 3.20. The Hall–Kier alpha value is -2.47. The molecule has 0 fully saturated rings. The maximum atomic E-state index is 13.8. The zero-order chi connectivity index (χ0) is 18.7. The van der Waals surface area contributed by atoms with Gasteiger partial charge in [-0.25, -0.2) is 4.39 Å². The van der Waals surface area contributed by atoms with E-state index in [1.54, 1.807) is 37.9 Å². The quantitative estimate of drug-likeness (QED) is 0.782. The first-order valence-electron chi connectivity index (χ1n) is 7.98. The van der Waals surface area contributed by atoms with Crippen molar-refractivity contribution in [2.75, 3.05) is 20.7 Å². The number of methoxy groups -OCH3 is 1. The van der Waals surface area contributed by atoms with Gasteiger partial charge in [0.05, 0.1) is 19.3 Å². The van der Waals surface area contributed by atoms with Gasteiger partial charge in [-0.05, 0) is 51.1 Å². The number of hydrogen-bond donors (Lipinski definition) is 1. The minimum Gasteiger partial charge on any atom is -0.494 e. The predicted molar refractivity (Wildman–Crippen MR) is 93.9 cm³/mol. The largest absolute Gasteiger partial charge is 0.494 e. The summed E-state index contributed by atoms with van der Waals surface area (Å²) in [5.41, 5.74) is 3.16. The molecule has 5 nitrogen and oxygen atoms in total. The molecule has 0 saturated carbocycles. The molecule has 0 aliphatic carbocycles. The summed E-state index contributed by atoms with van der Waals surface area (Å²) in [5, 5.41) is 0. The average molecular weight is 346 g/mol. The molecule has 0 radical (unpaired) electrons. The van der Waals surface area contributed by atoms with Crippen LogP contribution in [0.2, 0.25) is 0 Å². The van der Waals surface area contributed by atoms with Crippen molar-refractivity contribution in [1.29, 1.82) is 0 Å². The van der Waals surface area contributed by atoms with Gasteiger partial charge in [0.1, 0.15) is 0 Å². The number of likely N-dealkylation sites (N-methyl/N-ethyl adjacent to an activating group) is 1. The number of halogens is 1. The maximum absolute atomic E-state index is 13.8. The number of carbonyl (C=O) groups is 2. The van der Waals surface area contributed by atoms with Crippen LogP contribution in [-0.4, -0.2) is 42.2 Å². The van der Waals surface area contributed by atoms with Gasteiger partial charge >= 0.3 is 0 Å². The van der Waals surface area contributed by atoms with Crippen molar-refractivity contribution in [2.45, 2.75) is 27.3 Å². The molecule has 1 N–H and O–H groups in total. The molecule has 2 aromatic rings. The van der Waals surface area contributed by atoms with Gasteiger partial charge in [0, 0.05) is 17.8 Å². The third kappa shape index (κ3) is 4.14. The van der Waals surface area contributed by atoms with Gasteiger partial charge in [0.15, 0.2) is 23.1 Å². The highest BCUT2D eigenvalue weighted by molar-refractivity contribution is 6.03. The Morgan fingerprint density at radius 1 is 1.28 bits per heavy atom. The number of ketones is 2. The van der Waals surface area contributed by atoms with E-state index in [0.717, 1.165) is 5.56 Å². The first-order chi connectivity index (χ1) is 11.7. The zero-order valence-corrected chi connectivity index (χ0v) is 15.2. The lowest BCUT2D eigenvalue weighted by Crippen LogP contribution is -2.26. The third-order valence-corrected chi connectivity index (χ3v) is 4.15. The van der Waals surface area contributed by atoms with Crippen molar-refractivity contribution >= 4 is 11.6 Å². The minimum atomic E-state index is -0.429. The molecule has 6 heteroatoms. The lowest BCUT2D eigenvalue weighted by molar-refractivity contribution is 0.0937.